The summed E-state index contributed by atoms with van der Waals surface area (Å²) in [6.45, 7) is 6.37. The lowest BCUT2D eigenvalue weighted by atomic mass is 10.2. The molecule has 2 N–H and O–H groups in total. The lowest BCUT2D eigenvalue weighted by Crippen LogP contribution is -2.41. The average molecular weight is 295 g/mol. The summed E-state index contributed by atoms with van der Waals surface area (Å²) >= 11 is 0. The Bertz CT molecular complexity index is 414. The standard InChI is InChI=1S/C16H25NO4/c1-16(2,3)21-12-14(9-10-18)17-15(19)20-11-13-7-5-4-6-8-13/h4-8,14,18H,9-12H2,1-3H3,(H,17,19)/t14-/m0/s1. The average Bonchev–Trinajstić information content (AvgIpc) is 2.43. The molecule has 0 bridgehead atoms. The molecule has 21 heavy (non-hydrogen) atoms. The molecule has 1 atom stereocenters. The van der Waals surface area contributed by atoms with Gasteiger partial charge in [0.15, 0.2) is 0 Å². The van der Waals surface area contributed by atoms with Crippen molar-refractivity contribution in [2.75, 3.05) is 13.2 Å². The van der Waals surface area contributed by atoms with Crippen LogP contribution in [0.4, 0.5) is 4.79 Å². The number of hydrogen-bond donors (Lipinski definition) is 2. The number of hydrogen-bond acceptors (Lipinski definition) is 4. The lowest BCUT2D eigenvalue weighted by Gasteiger charge is -2.24. The molecule has 1 aromatic carbocycles. The first kappa shape index (κ1) is 17.5. The molecule has 118 valence electrons. The van der Waals surface area contributed by atoms with Crippen LogP contribution in [0.3, 0.4) is 0 Å². The predicted octanol–water partition coefficient (Wildman–Crippen LogP) is 2.48. The van der Waals surface area contributed by atoms with E-state index in [0.29, 0.717) is 13.0 Å². The van der Waals surface area contributed by atoms with E-state index >= 15 is 0 Å². The quantitative estimate of drug-likeness (QED) is 0.811. The molecular formula is C16H25NO4. The van der Waals surface area contributed by atoms with Gasteiger partial charge in [-0.2, -0.15) is 0 Å². The van der Waals surface area contributed by atoms with Gasteiger partial charge in [0.25, 0.3) is 0 Å². The Balaban J connectivity index is 2.37. The van der Waals surface area contributed by atoms with Gasteiger partial charge in [0.2, 0.25) is 0 Å². The van der Waals surface area contributed by atoms with Crippen molar-refractivity contribution in [2.45, 2.75) is 45.4 Å². The Morgan fingerprint density at radius 1 is 1.29 bits per heavy atom. The zero-order valence-electron chi connectivity index (χ0n) is 13.0. The number of benzene rings is 1. The van der Waals surface area contributed by atoms with Crippen LogP contribution in [0.1, 0.15) is 32.8 Å². The maximum absolute atomic E-state index is 11.8. The third-order valence-electron chi connectivity index (χ3n) is 2.73. The Kier molecular flexibility index (Phi) is 7.19. The Morgan fingerprint density at radius 3 is 2.52 bits per heavy atom. The predicted molar refractivity (Wildman–Crippen MR) is 81.0 cm³/mol. The van der Waals surface area contributed by atoms with Gasteiger partial charge in [-0.05, 0) is 32.8 Å². The van der Waals surface area contributed by atoms with Gasteiger partial charge in [-0.25, -0.2) is 4.79 Å². The lowest BCUT2D eigenvalue weighted by molar-refractivity contribution is -0.0173. The second-order valence-corrected chi connectivity index (χ2v) is 5.84. The van der Waals surface area contributed by atoms with E-state index in [1.165, 1.54) is 0 Å². The molecule has 0 saturated heterocycles. The van der Waals surface area contributed by atoms with Gasteiger partial charge >= 0.3 is 6.09 Å². The van der Waals surface area contributed by atoms with E-state index in [1.807, 2.05) is 51.1 Å². The van der Waals surface area contributed by atoms with Crippen molar-refractivity contribution in [3.05, 3.63) is 35.9 Å². The van der Waals surface area contributed by atoms with Crippen LogP contribution in [0.5, 0.6) is 0 Å². The molecule has 0 spiro atoms. The third kappa shape index (κ3) is 8.32. The molecular weight excluding hydrogens is 270 g/mol. The van der Waals surface area contributed by atoms with Gasteiger partial charge in [-0.3, -0.25) is 0 Å². The number of rotatable bonds is 7. The van der Waals surface area contributed by atoms with Crippen LogP contribution in [0.2, 0.25) is 0 Å². The summed E-state index contributed by atoms with van der Waals surface area (Å²) < 4.78 is 10.8. The van der Waals surface area contributed by atoms with Gasteiger partial charge < -0.3 is 19.9 Å². The van der Waals surface area contributed by atoms with Crippen molar-refractivity contribution in [1.82, 2.24) is 5.32 Å². The van der Waals surface area contributed by atoms with Crippen LogP contribution in [-0.4, -0.2) is 36.1 Å². The van der Waals surface area contributed by atoms with Crippen LogP contribution in [-0.2, 0) is 16.1 Å². The molecule has 0 fully saturated rings. The summed E-state index contributed by atoms with van der Waals surface area (Å²) in [4.78, 5) is 11.8. The number of ether oxygens (including phenoxy) is 2. The third-order valence-corrected chi connectivity index (χ3v) is 2.73. The molecule has 0 saturated carbocycles. The van der Waals surface area contributed by atoms with E-state index in [0.717, 1.165) is 5.56 Å². The molecule has 0 aliphatic heterocycles. The number of amides is 1. The van der Waals surface area contributed by atoms with Crippen LogP contribution >= 0.6 is 0 Å². The summed E-state index contributed by atoms with van der Waals surface area (Å²) in [6.07, 6.45) is -0.0777. The molecule has 1 rings (SSSR count). The molecule has 5 nitrogen and oxygen atoms in total. The highest BCUT2D eigenvalue weighted by Gasteiger charge is 2.17. The van der Waals surface area contributed by atoms with Gasteiger partial charge in [-0.1, -0.05) is 30.3 Å². The zero-order chi connectivity index (χ0) is 15.7. The van der Waals surface area contributed by atoms with Gasteiger partial charge in [0.05, 0.1) is 18.2 Å². The molecule has 0 aliphatic rings. The Morgan fingerprint density at radius 2 is 1.95 bits per heavy atom. The van der Waals surface area contributed by atoms with E-state index in [2.05, 4.69) is 5.32 Å². The van der Waals surface area contributed by atoms with Crippen molar-refractivity contribution < 1.29 is 19.4 Å². The maximum atomic E-state index is 11.8. The highest BCUT2D eigenvalue weighted by atomic mass is 16.5. The summed E-state index contributed by atoms with van der Waals surface area (Å²) in [5.74, 6) is 0. The number of aliphatic hydroxyl groups excluding tert-OH is 1. The number of nitrogens with one attached hydrogen (secondary N) is 1. The van der Waals surface area contributed by atoms with Crippen molar-refractivity contribution in [3.8, 4) is 0 Å². The van der Waals surface area contributed by atoms with Crippen molar-refractivity contribution in [2.24, 2.45) is 0 Å². The van der Waals surface area contributed by atoms with E-state index < -0.39 is 6.09 Å². The highest BCUT2D eigenvalue weighted by Crippen LogP contribution is 2.08. The molecule has 0 unspecified atom stereocenters. The van der Waals surface area contributed by atoms with Crippen LogP contribution < -0.4 is 5.32 Å². The van der Waals surface area contributed by atoms with Crippen molar-refractivity contribution >= 4 is 6.09 Å². The summed E-state index contributed by atoms with van der Waals surface area (Å²) in [7, 11) is 0. The number of aliphatic hydroxyl groups is 1. The van der Waals surface area contributed by atoms with Gasteiger partial charge in [0.1, 0.15) is 6.61 Å². The van der Waals surface area contributed by atoms with Crippen LogP contribution in [0.15, 0.2) is 30.3 Å². The second kappa shape index (κ2) is 8.64. The van der Waals surface area contributed by atoms with Crippen molar-refractivity contribution in [1.29, 1.82) is 0 Å². The SMILES string of the molecule is CC(C)(C)OC[C@H](CCO)NC(=O)OCc1ccccc1. The minimum atomic E-state index is -0.505. The van der Waals surface area contributed by atoms with Gasteiger partial charge in [0, 0.05) is 6.61 Å². The Labute approximate surface area is 126 Å². The first-order valence-electron chi connectivity index (χ1n) is 7.13. The van der Waals surface area contributed by atoms with E-state index in [1.54, 1.807) is 0 Å². The van der Waals surface area contributed by atoms with Crippen LogP contribution in [0.25, 0.3) is 0 Å². The molecule has 1 aromatic rings. The largest absolute Gasteiger partial charge is 0.445 e. The number of alkyl carbamates (subject to hydrolysis) is 1. The highest BCUT2D eigenvalue weighted by molar-refractivity contribution is 5.67. The first-order chi connectivity index (χ1) is 9.90. The topological polar surface area (TPSA) is 67.8 Å². The van der Waals surface area contributed by atoms with Crippen molar-refractivity contribution in [3.63, 3.8) is 0 Å². The smallest absolute Gasteiger partial charge is 0.407 e. The van der Waals surface area contributed by atoms with E-state index in [4.69, 9.17) is 14.6 Å². The van der Waals surface area contributed by atoms with Crippen LogP contribution in [0, 0.1) is 0 Å². The molecule has 0 radical (unpaired) electrons. The molecule has 0 aromatic heterocycles. The number of carbonyl (C=O) groups excluding carboxylic acids is 1. The molecule has 1 amide bonds. The van der Waals surface area contributed by atoms with E-state index in [9.17, 15) is 4.79 Å². The fourth-order valence-electron chi connectivity index (χ4n) is 1.64. The monoisotopic (exact) mass is 295 g/mol. The summed E-state index contributed by atoms with van der Waals surface area (Å²) in [5.41, 5.74) is 0.640. The van der Waals surface area contributed by atoms with E-state index in [-0.39, 0.29) is 24.9 Å². The Hall–Kier alpha value is -1.59. The summed E-state index contributed by atoms with van der Waals surface area (Å²) in [5, 5.41) is 11.8. The normalized spacial score (nSPS) is 12.8. The van der Waals surface area contributed by atoms with Gasteiger partial charge in [-0.15, -0.1) is 0 Å². The summed E-state index contributed by atoms with van der Waals surface area (Å²) in [6, 6.07) is 9.20. The minimum Gasteiger partial charge on any atom is -0.445 e. The maximum Gasteiger partial charge on any atom is 0.407 e. The zero-order valence-corrected chi connectivity index (χ0v) is 13.0. The molecule has 0 heterocycles. The number of carbonyl (C=O) groups is 1. The fraction of sp³-hybridized carbons (Fsp3) is 0.562. The molecule has 5 heteroatoms. The minimum absolute atomic E-state index is 0.0167. The fourth-order valence-corrected chi connectivity index (χ4v) is 1.64. The first-order valence-corrected chi connectivity index (χ1v) is 7.13. The second-order valence-electron chi connectivity index (χ2n) is 5.84. The molecule has 0 aliphatic carbocycles.